The van der Waals surface area contributed by atoms with Crippen LogP contribution in [0.25, 0.3) is 0 Å². The predicted molar refractivity (Wildman–Crippen MR) is 86.7 cm³/mol. The molecule has 0 aliphatic carbocycles. The number of rotatable bonds is 5. The Morgan fingerprint density at radius 1 is 1.35 bits per heavy atom. The van der Waals surface area contributed by atoms with Crippen molar-refractivity contribution in [3.8, 4) is 17.6 Å². The number of hydrogen-bond donors (Lipinski definition) is 2. The van der Waals surface area contributed by atoms with E-state index in [1.54, 1.807) is 43.3 Å². The van der Waals surface area contributed by atoms with Gasteiger partial charge < -0.3 is 15.2 Å². The number of nitriles is 1. The minimum atomic E-state index is -0.347. The van der Waals surface area contributed by atoms with Gasteiger partial charge in [-0.15, -0.1) is 0 Å². The fraction of sp³-hybridized carbons (Fsp3) is 0.176. The van der Waals surface area contributed by atoms with Crippen LogP contribution in [0.4, 0.5) is 0 Å². The molecule has 118 valence electrons. The quantitative estimate of drug-likeness (QED) is 0.882. The molecule has 1 atom stereocenters. The van der Waals surface area contributed by atoms with Crippen LogP contribution in [-0.2, 0) is 0 Å². The molecule has 2 N–H and O–H groups in total. The maximum Gasteiger partial charge on any atom is 0.251 e. The molecule has 0 saturated heterocycles. The number of amides is 1. The number of aliphatic hydroxyl groups is 1. The standard InChI is InChI=1S/C17H15ClN2O3/c1-11(10-21)20-17(22)12-6-7-16(14(18)8-12)23-15-5-3-2-4-13(15)9-19/h2-8,11,21H,10H2,1H3,(H,20,22)/t11-/m0/s1. The normalized spacial score (nSPS) is 11.4. The SMILES string of the molecule is C[C@@H](CO)NC(=O)c1ccc(Oc2ccccc2C#N)c(Cl)c1. The second-order valence-electron chi connectivity index (χ2n) is 4.91. The second-order valence-corrected chi connectivity index (χ2v) is 5.32. The molecule has 0 radical (unpaired) electrons. The highest BCUT2D eigenvalue weighted by molar-refractivity contribution is 6.32. The van der Waals surface area contributed by atoms with Crippen molar-refractivity contribution in [3.63, 3.8) is 0 Å². The molecule has 0 heterocycles. The van der Waals surface area contributed by atoms with Gasteiger partial charge in [-0.3, -0.25) is 4.79 Å². The lowest BCUT2D eigenvalue weighted by Crippen LogP contribution is -2.34. The summed E-state index contributed by atoms with van der Waals surface area (Å²) in [6.45, 7) is 1.54. The number of aliphatic hydroxyl groups excluding tert-OH is 1. The monoisotopic (exact) mass is 330 g/mol. The summed E-state index contributed by atoms with van der Waals surface area (Å²) in [4.78, 5) is 12.0. The summed E-state index contributed by atoms with van der Waals surface area (Å²) in [7, 11) is 0. The van der Waals surface area contributed by atoms with Crippen molar-refractivity contribution in [3.05, 3.63) is 58.6 Å². The number of nitrogens with one attached hydrogen (secondary N) is 1. The number of carbonyl (C=O) groups is 1. The Balaban J connectivity index is 2.20. The molecule has 0 unspecified atom stereocenters. The molecule has 5 nitrogen and oxygen atoms in total. The lowest BCUT2D eigenvalue weighted by Gasteiger charge is -2.12. The van der Waals surface area contributed by atoms with Crippen molar-refractivity contribution in [2.75, 3.05) is 6.61 Å². The third-order valence-electron chi connectivity index (χ3n) is 3.07. The van der Waals surface area contributed by atoms with Gasteiger partial charge in [0.05, 0.1) is 17.2 Å². The number of para-hydroxylation sites is 1. The zero-order chi connectivity index (χ0) is 16.8. The van der Waals surface area contributed by atoms with Gasteiger partial charge in [0.1, 0.15) is 17.6 Å². The van der Waals surface area contributed by atoms with Crippen molar-refractivity contribution in [2.45, 2.75) is 13.0 Å². The van der Waals surface area contributed by atoms with Crippen molar-refractivity contribution >= 4 is 17.5 Å². The Morgan fingerprint density at radius 2 is 2.09 bits per heavy atom. The fourth-order valence-electron chi connectivity index (χ4n) is 1.84. The summed E-state index contributed by atoms with van der Waals surface area (Å²) < 4.78 is 5.64. The summed E-state index contributed by atoms with van der Waals surface area (Å²) in [6.07, 6.45) is 0. The minimum Gasteiger partial charge on any atom is -0.454 e. The van der Waals surface area contributed by atoms with Crippen molar-refractivity contribution in [2.24, 2.45) is 0 Å². The number of nitrogens with zero attached hydrogens (tertiary/aromatic N) is 1. The topological polar surface area (TPSA) is 82.3 Å². The molecule has 0 aromatic heterocycles. The minimum absolute atomic E-state index is 0.147. The van der Waals surface area contributed by atoms with Crippen molar-refractivity contribution < 1.29 is 14.6 Å². The van der Waals surface area contributed by atoms with Crippen molar-refractivity contribution in [1.29, 1.82) is 5.26 Å². The van der Waals surface area contributed by atoms with Gasteiger partial charge in [0, 0.05) is 11.6 Å². The number of ether oxygens (including phenoxy) is 1. The molecule has 2 aromatic rings. The zero-order valence-electron chi connectivity index (χ0n) is 12.4. The highest BCUT2D eigenvalue weighted by atomic mass is 35.5. The van der Waals surface area contributed by atoms with E-state index in [0.29, 0.717) is 22.6 Å². The maximum atomic E-state index is 12.0. The van der Waals surface area contributed by atoms with E-state index in [4.69, 9.17) is 26.7 Å². The summed E-state index contributed by atoms with van der Waals surface area (Å²) in [6, 6.07) is 13.1. The summed E-state index contributed by atoms with van der Waals surface area (Å²) in [5.74, 6) is 0.404. The van der Waals surface area contributed by atoms with Gasteiger partial charge in [0.2, 0.25) is 0 Å². The van der Waals surface area contributed by atoms with E-state index in [1.807, 2.05) is 6.07 Å². The van der Waals surface area contributed by atoms with Crippen LogP contribution < -0.4 is 10.1 Å². The molecule has 23 heavy (non-hydrogen) atoms. The third kappa shape index (κ3) is 4.22. The van der Waals surface area contributed by atoms with Crippen LogP contribution in [0, 0.1) is 11.3 Å². The van der Waals surface area contributed by atoms with Crippen LogP contribution in [0.1, 0.15) is 22.8 Å². The Kier molecular flexibility index (Phi) is 5.58. The smallest absolute Gasteiger partial charge is 0.251 e. The van der Waals surface area contributed by atoms with E-state index >= 15 is 0 Å². The van der Waals surface area contributed by atoms with Crippen LogP contribution in [0.2, 0.25) is 5.02 Å². The molecule has 0 aliphatic rings. The largest absolute Gasteiger partial charge is 0.454 e. The lowest BCUT2D eigenvalue weighted by atomic mass is 10.2. The van der Waals surface area contributed by atoms with E-state index in [-0.39, 0.29) is 23.6 Å². The second kappa shape index (κ2) is 7.63. The Hall–Kier alpha value is -2.55. The number of carbonyl (C=O) groups excluding carboxylic acids is 1. The summed E-state index contributed by atoms with van der Waals surface area (Å²) in [5.41, 5.74) is 0.748. The van der Waals surface area contributed by atoms with Gasteiger partial charge >= 0.3 is 0 Å². The van der Waals surface area contributed by atoms with E-state index in [9.17, 15) is 4.79 Å². The number of hydrogen-bond acceptors (Lipinski definition) is 4. The number of halogens is 1. The molecule has 0 fully saturated rings. The number of benzene rings is 2. The molecular formula is C17H15ClN2O3. The van der Waals surface area contributed by atoms with Gasteiger partial charge in [0.15, 0.2) is 0 Å². The zero-order valence-corrected chi connectivity index (χ0v) is 13.2. The highest BCUT2D eigenvalue weighted by Gasteiger charge is 2.13. The molecule has 0 spiro atoms. The highest BCUT2D eigenvalue weighted by Crippen LogP contribution is 2.31. The molecule has 2 rings (SSSR count). The first-order valence-electron chi connectivity index (χ1n) is 6.93. The van der Waals surface area contributed by atoms with Crippen LogP contribution >= 0.6 is 11.6 Å². The molecule has 2 aromatic carbocycles. The average molecular weight is 331 g/mol. The summed E-state index contributed by atoms with van der Waals surface area (Å²) >= 11 is 6.15. The Morgan fingerprint density at radius 3 is 2.74 bits per heavy atom. The fourth-order valence-corrected chi connectivity index (χ4v) is 2.06. The summed E-state index contributed by atoms with van der Waals surface area (Å²) in [5, 5.41) is 20.9. The van der Waals surface area contributed by atoms with Gasteiger partial charge in [-0.1, -0.05) is 23.7 Å². The third-order valence-corrected chi connectivity index (χ3v) is 3.37. The van der Waals surface area contributed by atoms with E-state index in [2.05, 4.69) is 5.32 Å². The predicted octanol–water partition coefficient (Wildman–Crippen LogP) is 3.11. The first-order chi connectivity index (χ1) is 11.0. The Labute approximate surface area is 139 Å². The molecule has 1 amide bonds. The van der Waals surface area contributed by atoms with Crippen LogP contribution in [0.15, 0.2) is 42.5 Å². The molecule has 0 aliphatic heterocycles. The molecule has 0 saturated carbocycles. The van der Waals surface area contributed by atoms with Gasteiger partial charge in [-0.2, -0.15) is 5.26 Å². The Bertz CT molecular complexity index is 756. The van der Waals surface area contributed by atoms with Gasteiger partial charge in [0.25, 0.3) is 5.91 Å². The molecule has 0 bridgehead atoms. The van der Waals surface area contributed by atoms with E-state index in [1.165, 1.54) is 6.07 Å². The van der Waals surface area contributed by atoms with Crippen molar-refractivity contribution in [1.82, 2.24) is 5.32 Å². The molecule has 6 heteroatoms. The lowest BCUT2D eigenvalue weighted by molar-refractivity contribution is 0.0922. The first kappa shape index (κ1) is 16.8. The first-order valence-corrected chi connectivity index (χ1v) is 7.31. The van der Waals surface area contributed by atoms with Crippen LogP contribution in [0.3, 0.4) is 0 Å². The molecular weight excluding hydrogens is 316 g/mol. The average Bonchev–Trinajstić information content (AvgIpc) is 2.56. The van der Waals surface area contributed by atoms with Crippen LogP contribution in [0.5, 0.6) is 11.5 Å². The van der Waals surface area contributed by atoms with E-state index in [0.717, 1.165) is 0 Å². The van der Waals surface area contributed by atoms with E-state index < -0.39 is 0 Å². The maximum absolute atomic E-state index is 12.0. The van der Waals surface area contributed by atoms with Crippen LogP contribution in [-0.4, -0.2) is 23.7 Å². The van der Waals surface area contributed by atoms with Gasteiger partial charge in [-0.05, 0) is 37.3 Å². The van der Waals surface area contributed by atoms with Gasteiger partial charge in [-0.25, -0.2) is 0 Å².